The Kier molecular flexibility index (Phi) is 31.0. The molecular formula is C64H90N4O15. The quantitative estimate of drug-likeness (QED) is 0.0291. The van der Waals surface area contributed by atoms with Gasteiger partial charge in [-0.05, 0) is 107 Å². The lowest BCUT2D eigenvalue weighted by Gasteiger charge is -2.24. The molecule has 456 valence electrons. The topological polar surface area (TPSA) is 256 Å². The van der Waals surface area contributed by atoms with Crippen LogP contribution in [0.1, 0.15) is 92.0 Å². The van der Waals surface area contributed by atoms with E-state index >= 15 is 0 Å². The first-order valence-corrected chi connectivity index (χ1v) is 26.9. The van der Waals surface area contributed by atoms with Gasteiger partial charge in [-0.2, -0.15) is 0 Å². The van der Waals surface area contributed by atoms with E-state index in [0.717, 1.165) is 22.3 Å². The van der Waals surface area contributed by atoms with E-state index in [1.807, 2.05) is 84.9 Å². The number of methoxy groups -OCH3 is 3. The smallest absolute Gasteiger partial charge is 0.246 e. The normalized spacial score (nSPS) is 17.5. The number of carbonyl (C=O) groups is 8. The summed E-state index contributed by atoms with van der Waals surface area (Å²) in [5.41, 5.74) is 1.59. The number of hydrogen-bond donors (Lipinski definition) is 4. The SMILES string of the molecule is C.C.C.CCOCC(=O)NC(C)C(=O)CC(Cc1ccc(OC)cc1)C(=O)NC(Cc1ccccc1)C(=O)C1(C)CO1.COCCOCC(=O)NC(C)C(=O)CC(Cc1ccc(OC)cc1)C(=O)NC(Cc1ccccc1)C(=O)C1(C)CO1. The number of ketones is 4. The molecule has 4 N–H and O–H groups in total. The first kappa shape index (κ1) is 71.9. The molecule has 2 saturated heterocycles. The first-order chi connectivity index (χ1) is 38.3. The Bertz CT molecular complexity index is 2660. The molecule has 8 unspecified atom stereocenters. The minimum atomic E-state index is -0.932. The lowest BCUT2D eigenvalue weighted by Crippen LogP contribution is -2.50. The molecule has 0 radical (unpaired) electrons. The predicted molar refractivity (Wildman–Crippen MR) is 317 cm³/mol. The Morgan fingerprint density at radius 1 is 0.494 bits per heavy atom. The molecule has 83 heavy (non-hydrogen) atoms. The summed E-state index contributed by atoms with van der Waals surface area (Å²) < 4.78 is 36.4. The van der Waals surface area contributed by atoms with Crippen molar-refractivity contribution in [3.05, 3.63) is 131 Å². The van der Waals surface area contributed by atoms with Crippen molar-refractivity contribution in [3.8, 4) is 11.5 Å². The molecule has 0 spiro atoms. The van der Waals surface area contributed by atoms with Crippen molar-refractivity contribution < 1.29 is 71.5 Å². The van der Waals surface area contributed by atoms with Gasteiger partial charge in [-0.1, -0.05) is 107 Å². The van der Waals surface area contributed by atoms with E-state index in [1.165, 1.54) is 7.11 Å². The minimum absolute atomic E-state index is 0. The third-order valence-corrected chi connectivity index (χ3v) is 13.8. The van der Waals surface area contributed by atoms with Crippen LogP contribution in [0.2, 0.25) is 0 Å². The molecule has 4 aromatic rings. The summed E-state index contributed by atoms with van der Waals surface area (Å²) in [5.74, 6) is -2.91. The molecule has 0 aromatic heterocycles. The van der Waals surface area contributed by atoms with E-state index in [0.29, 0.717) is 50.8 Å². The van der Waals surface area contributed by atoms with E-state index < -0.39 is 70.8 Å². The Hall–Kier alpha value is -7.16. The van der Waals surface area contributed by atoms with Crippen molar-refractivity contribution in [2.45, 2.75) is 131 Å². The number of rotatable bonds is 34. The maximum Gasteiger partial charge on any atom is 0.246 e. The number of ether oxygens (including phenoxy) is 7. The van der Waals surface area contributed by atoms with Crippen molar-refractivity contribution in [2.24, 2.45) is 11.8 Å². The summed E-state index contributed by atoms with van der Waals surface area (Å²) in [4.78, 5) is 104. The van der Waals surface area contributed by atoms with E-state index in [4.69, 9.17) is 33.2 Å². The molecule has 6 rings (SSSR count). The molecule has 4 amide bonds. The number of benzene rings is 4. The molecule has 2 heterocycles. The Morgan fingerprint density at radius 3 is 1.17 bits per heavy atom. The fourth-order valence-corrected chi connectivity index (χ4v) is 8.61. The fourth-order valence-electron chi connectivity index (χ4n) is 8.61. The van der Waals surface area contributed by atoms with Gasteiger partial charge in [-0.25, -0.2) is 0 Å². The number of nitrogens with one attached hydrogen (secondary N) is 4. The van der Waals surface area contributed by atoms with Gasteiger partial charge >= 0.3 is 0 Å². The maximum absolute atomic E-state index is 13.7. The lowest BCUT2D eigenvalue weighted by molar-refractivity contribution is -0.135. The van der Waals surface area contributed by atoms with Crippen LogP contribution in [0.5, 0.6) is 11.5 Å². The molecule has 4 aromatic carbocycles. The van der Waals surface area contributed by atoms with Gasteiger partial charge in [-0.3, -0.25) is 38.4 Å². The highest BCUT2D eigenvalue weighted by atomic mass is 16.6. The van der Waals surface area contributed by atoms with Crippen LogP contribution in [-0.4, -0.2) is 150 Å². The van der Waals surface area contributed by atoms with Crippen molar-refractivity contribution in [3.63, 3.8) is 0 Å². The number of amides is 4. The number of epoxide rings is 2. The monoisotopic (exact) mass is 1150 g/mol. The van der Waals surface area contributed by atoms with Crippen molar-refractivity contribution >= 4 is 46.8 Å². The summed E-state index contributed by atoms with van der Waals surface area (Å²) in [6.07, 6.45) is 0.863. The third kappa shape index (κ3) is 23.9. The zero-order chi connectivity index (χ0) is 58.2. The first-order valence-electron chi connectivity index (χ1n) is 26.9. The molecule has 2 fully saturated rings. The van der Waals surface area contributed by atoms with Gasteiger partial charge in [0.2, 0.25) is 23.6 Å². The Balaban J connectivity index is 0.000000548. The Morgan fingerprint density at radius 2 is 0.843 bits per heavy atom. The summed E-state index contributed by atoms with van der Waals surface area (Å²) in [5, 5.41) is 11.1. The summed E-state index contributed by atoms with van der Waals surface area (Å²) >= 11 is 0. The molecule has 2 aliphatic heterocycles. The van der Waals surface area contributed by atoms with Crippen LogP contribution in [0.4, 0.5) is 0 Å². The van der Waals surface area contributed by atoms with Gasteiger partial charge in [-0.15, -0.1) is 0 Å². The zero-order valence-corrected chi connectivity index (χ0v) is 47.2. The Labute approximate surface area is 490 Å². The van der Waals surface area contributed by atoms with Crippen LogP contribution >= 0.6 is 0 Å². The highest BCUT2D eigenvalue weighted by Gasteiger charge is 2.51. The van der Waals surface area contributed by atoms with Crippen LogP contribution in [0.25, 0.3) is 0 Å². The maximum atomic E-state index is 13.7. The van der Waals surface area contributed by atoms with Crippen molar-refractivity contribution in [1.82, 2.24) is 21.3 Å². The van der Waals surface area contributed by atoms with Crippen LogP contribution in [0.3, 0.4) is 0 Å². The summed E-state index contributed by atoms with van der Waals surface area (Å²) in [6, 6.07) is 30.0. The fraction of sp³-hybridized carbons (Fsp3) is 0.500. The molecule has 2 aliphatic rings. The zero-order valence-electron chi connectivity index (χ0n) is 47.2. The van der Waals surface area contributed by atoms with Crippen LogP contribution < -0.4 is 30.7 Å². The van der Waals surface area contributed by atoms with Crippen LogP contribution in [0.15, 0.2) is 109 Å². The summed E-state index contributed by atoms with van der Waals surface area (Å²) in [6.45, 7) is 9.59. The molecule has 8 atom stereocenters. The lowest BCUT2D eigenvalue weighted by atomic mass is 9.89. The number of carbonyl (C=O) groups excluding carboxylic acids is 8. The number of Topliss-reactive ketones (excluding diaryl/α,β-unsaturated/α-hetero) is 4. The summed E-state index contributed by atoms with van der Waals surface area (Å²) in [7, 11) is 4.66. The molecular weight excluding hydrogens is 1060 g/mol. The predicted octanol–water partition coefficient (Wildman–Crippen LogP) is 6.41. The largest absolute Gasteiger partial charge is 0.497 e. The average Bonchev–Trinajstić information content (AvgIpc) is 4.46. The highest BCUT2D eigenvalue weighted by Crippen LogP contribution is 2.31. The van der Waals surface area contributed by atoms with E-state index in [2.05, 4.69) is 21.3 Å². The van der Waals surface area contributed by atoms with Gasteiger partial charge in [0.25, 0.3) is 0 Å². The van der Waals surface area contributed by atoms with Gasteiger partial charge in [0.05, 0.1) is 64.8 Å². The van der Waals surface area contributed by atoms with E-state index in [9.17, 15) is 38.4 Å². The van der Waals surface area contributed by atoms with Crippen LogP contribution in [-0.2, 0) is 87.7 Å². The van der Waals surface area contributed by atoms with Gasteiger partial charge in [0, 0.05) is 38.4 Å². The van der Waals surface area contributed by atoms with Crippen molar-refractivity contribution in [1.29, 1.82) is 0 Å². The van der Waals surface area contributed by atoms with Gasteiger partial charge in [0.1, 0.15) is 35.9 Å². The third-order valence-electron chi connectivity index (χ3n) is 13.8. The van der Waals surface area contributed by atoms with E-state index in [1.54, 1.807) is 73.1 Å². The van der Waals surface area contributed by atoms with Gasteiger partial charge in [0.15, 0.2) is 23.1 Å². The highest BCUT2D eigenvalue weighted by molar-refractivity contribution is 5.99. The van der Waals surface area contributed by atoms with Gasteiger partial charge < -0.3 is 54.4 Å². The van der Waals surface area contributed by atoms with Crippen molar-refractivity contribution in [2.75, 3.05) is 67.6 Å². The minimum Gasteiger partial charge on any atom is -0.497 e. The number of hydrogen-bond acceptors (Lipinski definition) is 15. The second-order valence-corrected chi connectivity index (χ2v) is 20.4. The molecule has 19 nitrogen and oxygen atoms in total. The molecule has 19 heteroatoms. The molecule has 0 aliphatic carbocycles. The molecule has 0 bridgehead atoms. The van der Waals surface area contributed by atoms with E-state index in [-0.39, 0.29) is 90.9 Å². The molecule has 0 saturated carbocycles. The standard InChI is InChI=1S/C31H40N2O8.C30H38N2O7.3CH4/c1-21(32-28(35)19-40-15-14-38-3)27(34)18-24(16-23-10-12-25(39-4)13-11-23)30(37)33-26(29(36)31(2)20-41-31)17-22-8-6-5-7-9-22;1-5-38-18-27(34)31-20(2)26(33)17-23(15-22-11-13-24(37-4)14-12-22)29(36)32-25(28(35)30(3)19-39-30)16-21-9-7-6-8-10-21;;;/h5-13,21,24,26H,14-20H2,1-4H3,(H,32,35)(H,33,37);6-14,20,23,25H,5,15-19H2,1-4H3,(H,31,34)(H,32,36);3*1H4. The van der Waals surface area contributed by atoms with Crippen LogP contribution in [0, 0.1) is 11.8 Å². The second kappa shape index (κ2) is 35.7. The average molecular weight is 1160 g/mol. The second-order valence-electron chi connectivity index (χ2n) is 20.4.